The number of benzene rings is 1. The van der Waals surface area contributed by atoms with Crippen molar-refractivity contribution in [3.8, 4) is 28.5 Å². The molecule has 0 bridgehead atoms. The van der Waals surface area contributed by atoms with Gasteiger partial charge in [-0.15, -0.1) is 0 Å². The molecule has 0 saturated carbocycles. The quantitative estimate of drug-likeness (QED) is 0.692. The summed E-state index contributed by atoms with van der Waals surface area (Å²) in [5.74, 6) is 1.92. The molecule has 7 nitrogen and oxygen atoms in total. The van der Waals surface area contributed by atoms with Gasteiger partial charge in [0.05, 0.1) is 19.7 Å². The van der Waals surface area contributed by atoms with E-state index in [-0.39, 0.29) is 17.9 Å². The van der Waals surface area contributed by atoms with Crippen LogP contribution in [-0.4, -0.2) is 42.7 Å². The Bertz CT molecular complexity index is 1050. The molecule has 1 N–H and O–H groups in total. The number of aromatic nitrogens is 2. The Morgan fingerprint density at radius 3 is 2.66 bits per heavy atom. The maximum absolute atomic E-state index is 11.6. The van der Waals surface area contributed by atoms with E-state index in [9.17, 15) is 4.79 Å². The predicted octanol–water partition coefficient (Wildman–Crippen LogP) is 3.22. The molecule has 2 atom stereocenters. The summed E-state index contributed by atoms with van der Waals surface area (Å²) in [4.78, 5) is 20.4. The van der Waals surface area contributed by atoms with E-state index in [1.165, 1.54) is 0 Å². The molecule has 1 aliphatic heterocycles. The normalized spacial score (nSPS) is 17.1. The second kappa shape index (κ2) is 7.95. The number of nitrogens with zero attached hydrogens (tertiary/aromatic N) is 2. The third-order valence-corrected chi connectivity index (χ3v) is 5.23. The Morgan fingerprint density at radius 1 is 1.10 bits per heavy atom. The molecule has 2 aromatic heterocycles. The molecule has 4 rings (SSSR count). The van der Waals surface area contributed by atoms with E-state index in [2.05, 4.69) is 15.3 Å². The summed E-state index contributed by atoms with van der Waals surface area (Å²) >= 11 is 0. The highest BCUT2D eigenvalue weighted by atomic mass is 16.5. The first kappa shape index (κ1) is 19.0. The lowest BCUT2D eigenvalue weighted by molar-refractivity contribution is -0.119. The van der Waals surface area contributed by atoms with Crippen LogP contribution in [0, 0.1) is 5.92 Å². The molecule has 0 radical (unpaired) electrons. The van der Waals surface area contributed by atoms with Gasteiger partial charge >= 0.3 is 0 Å². The van der Waals surface area contributed by atoms with Crippen LogP contribution in [0.3, 0.4) is 0 Å². The van der Waals surface area contributed by atoms with Crippen LogP contribution in [0.15, 0.2) is 42.7 Å². The van der Waals surface area contributed by atoms with Crippen molar-refractivity contribution >= 4 is 16.8 Å². The van der Waals surface area contributed by atoms with Crippen LogP contribution in [0.4, 0.5) is 0 Å². The third-order valence-electron chi connectivity index (χ3n) is 5.23. The van der Waals surface area contributed by atoms with Gasteiger partial charge in [0.1, 0.15) is 11.9 Å². The van der Waals surface area contributed by atoms with E-state index in [0.717, 1.165) is 27.8 Å². The summed E-state index contributed by atoms with van der Waals surface area (Å²) in [6.45, 7) is 2.63. The monoisotopic (exact) mass is 393 g/mol. The molecule has 1 unspecified atom stereocenters. The number of amides is 1. The molecule has 1 aliphatic rings. The fraction of sp³-hybridized carbons (Fsp3) is 0.318. The van der Waals surface area contributed by atoms with Gasteiger partial charge in [0.15, 0.2) is 5.75 Å². The highest BCUT2D eigenvalue weighted by Crippen LogP contribution is 2.36. The molecule has 150 valence electrons. The van der Waals surface area contributed by atoms with Crippen molar-refractivity contribution in [1.82, 2.24) is 15.3 Å². The summed E-state index contributed by atoms with van der Waals surface area (Å²) in [6.07, 6.45) is 3.86. The molecule has 29 heavy (non-hydrogen) atoms. The van der Waals surface area contributed by atoms with E-state index in [1.54, 1.807) is 26.6 Å². The SMILES string of the molecule is COc1cc(-c2cc(O[C@H](C)C3CNC(=O)C3)c3cccnc3c2)cnc1OC. The van der Waals surface area contributed by atoms with Gasteiger partial charge in [0.25, 0.3) is 5.88 Å². The molecule has 1 amide bonds. The van der Waals surface area contributed by atoms with Crippen LogP contribution >= 0.6 is 0 Å². The van der Waals surface area contributed by atoms with Gasteiger partial charge in [-0.1, -0.05) is 0 Å². The van der Waals surface area contributed by atoms with Gasteiger partial charge in [-0.2, -0.15) is 0 Å². The fourth-order valence-corrected chi connectivity index (χ4v) is 3.56. The summed E-state index contributed by atoms with van der Waals surface area (Å²) in [5, 5.41) is 3.79. The van der Waals surface area contributed by atoms with Crippen LogP contribution in [0.25, 0.3) is 22.0 Å². The molecule has 0 spiro atoms. The number of carbonyl (C=O) groups excluding carboxylic acids is 1. The Morgan fingerprint density at radius 2 is 1.93 bits per heavy atom. The van der Waals surface area contributed by atoms with Gasteiger partial charge in [0, 0.05) is 42.2 Å². The zero-order valence-electron chi connectivity index (χ0n) is 16.6. The number of rotatable bonds is 6. The Hall–Kier alpha value is -3.35. The Kier molecular flexibility index (Phi) is 5.20. The summed E-state index contributed by atoms with van der Waals surface area (Å²) in [5.41, 5.74) is 2.60. The molecule has 1 fully saturated rings. The average molecular weight is 393 g/mol. The topological polar surface area (TPSA) is 82.6 Å². The van der Waals surface area contributed by atoms with Gasteiger partial charge < -0.3 is 19.5 Å². The number of hydrogen-bond donors (Lipinski definition) is 1. The van der Waals surface area contributed by atoms with Crippen LogP contribution < -0.4 is 19.5 Å². The lowest BCUT2D eigenvalue weighted by Crippen LogP contribution is -2.25. The molecule has 0 aliphatic carbocycles. The maximum atomic E-state index is 11.6. The number of methoxy groups -OCH3 is 2. The lowest BCUT2D eigenvalue weighted by Gasteiger charge is -2.21. The van der Waals surface area contributed by atoms with Crippen molar-refractivity contribution < 1.29 is 19.0 Å². The average Bonchev–Trinajstić information content (AvgIpc) is 3.19. The number of ether oxygens (including phenoxy) is 3. The van der Waals surface area contributed by atoms with Crippen molar-refractivity contribution in [1.29, 1.82) is 0 Å². The van der Waals surface area contributed by atoms with Gasteiger partial charge in [0.2, 0.25) is 5.91 Å². The van der Waals surface area contributed by atoms with Crippen molar-refractivity contribution in [2.75, 3.05) is 20.8 Å². The van der Waals surface area contributed by atoms with Crippen molar-refractivity contribution in [3.05, 3.63) is 42.7 Å². The van der Waals surface area contributed by atoms with Crippen LogP contribution in [0.2, 0.25) is 0 Å². The minimum absolute atomic E-state index is 0.0714. The summed E-state index contributed by atoms with van der Waals surface area (Å²) < 4.78 is 16.9. The Balaban J connectivity index is 1.74. The molecular weight excluding hydrogens is 370 g/mol. The molecular formula is C22H23N3O4. The first-order valence-electron chi connectivity index (χ1n) is 9.49. The number of hydrogen-bond acceptors (Lipinski definition) is 6. The Labute approximate surface area is 169 Å². The van der Waals surface area contributed by atoms with Gasteiger partial charge in [-0.05, 0) is 42.8 Å². The predicted molar refractivity (Wildman–Crippen MR) is 109 cm³/mol. The molecule has 3 aromatic rings. The van der Waals surface area contributed by atoms with Crippen LogP contribution in [0.1, 0.15) is 13.3 Å². The largest absolute Gasteiger partial charge is 0.491 e. The number of carbonyl (C=O) groups is 1. The zero-order valence-corrected chi connectivity index (χ0v) is 16.6. The molecule has 1 aromatic carbocycles. The number of fused-ring (bicyclic) bond motifs is 1. The van der Waals surface area contributed by atoms with Crippen molar-refractivity contribution in [2.45, 2.75) is 19.4 Å². The fourth-order valence-electron chi connectivity index (χ4n) is 3.56. The summed E-state index contributed by atoms with van der Waals surface area (Å²) in [6, 6.07) is 9.73. The van der Waals surface area contributed by atoms with E-state index in [4.69, 9.17) is 14.2 Å². The van der Waals surface area contributed by atoms with Crippen LogP contribution in [-0.2, 0) is 4.79 Å². The van der Waals surface area contributed by atoms with Gasteiger partial charge in [-0.25, -0.2) is 4.98 Å². The second-order valence-corrected chi connectivity index (χ2v) is 7.07. The first-order valence-corrected chi connectivity index (χ1v) is 9.49. The molecule has 7 heteroatoms. The van der Waals surface area contributed by atoms with E-state index in [0.29, 0.717) is 24.6 Å². The van der Waals surface area contributed by atoms with Crippen LogP contribution in [0.5, 0.6) is 17.4 Å². The standard InChI is InChI=1S/C22H23N3O4/c1-13(15-10-21(26)24-11-15)29-19-8-14(7-18-17(19)5-4-6-23-18)16-9-20(27-2)22(28-3)25-12-16/h4-9,12-13,15H,10-11H2,1-3H3,(H,24,26)/t13-,15?/m1/s1. The molecule has 1 saturated heterocycles. The van der Waals surface area contributed by atoms with Crippen molar-refractivity contribution in [3.63, 3.8) is 0 Å². The smallest absolute Gasteiger partial charge is 0.256 e. The maximum Gasteiger partial charge on any atom is 0.256 e. The van der Waals surface area contributed by atoms with E-state index in [1.807, 2.05) is 37.3 Å². The number of nitrogens with one attached hydrogen (secondary N) is 1. The highest BCUT2D eigenvalue weighted by molar-refractivity contribution is 5.90. The zero-order chi connectivity index (χ0) is 20.4. The second-order valence-electron chi connectivity index (χ2n) is 7.07. The minimum Gasteiger partial charge on any atom is -0.491 e. The van der Waals surface area contributed by atoms with Crippen molar-refractivity contribution in [2.24, 2.45) is 5.92 Å². The number of pyridine rings is 2. The highest BCUT2D eigenvalue weighted by Gasteiger charge is 2.28. The summed E-state index contributed by atoms with van der Waals surface area (Å²) in [7, 11) is 3.14. The molecule has 3 heterocycles. The van der Waals surface area contributed by atoms with E-state index >= 15 is 0 Å². The lowest BCUT2D eigenvalue weighted by atomic mass is 10.0. The third kappa shape index (κ3) is 3.81. The minimum atomic E-state index is -0.115. The van der Waals surface area contributed by atoms with E-state index < -0.39 is 0 Å². The van der Waals surface area contributed by atoms with Gasteiger partial charge in [-0.3, -0.25) is 9.78 Å². The first-order chi connectivity index (χ1) is 14.1.